The number of benzene rings is 1. The van der Waals surface area contributed by atoms with E-state index in [0.29, 0.717) is 18.1 Å². The lowest BCUT2D eigenvalue weighted by molar-refractivity contribution is -0.122. The van der Waals surface area contributed by atoms with Gasteiger partial charge in [0.25, 0.3) is 0 Å². The molecule has 2 aliphatic heterocycles. The maximum atomic E-state index is 11.3. The van der Waals surface area contributed by atoms with Crippen molar-refractivity contribution in [3.8, 4) is 0 Å². The molecule has 4 nitrogen and oxygen atoms in total. The van der Waals surface area contributed by atoms with Crippen LogP contribution in [0.3, 0.4) is 0 Å². The Kier molecular flexibility index (Phi) is 4.27. The number of hydrogen-bond donors (Lipinski definition) is 1. The third kappa shape index (κ3) is 3.44. The molecule has 1 aromatic carbocycles. The first-order valence-corrected chi connectivity index (χ1v) is 7.78. The van der Waals surface area contributed by atoms with Crippen LogP contribution in [0, 0.1) is 6.92 Å². The van der Waals surface area contributed by atoms with Gasteiger partial charge in [-0.05, 0) is 25.3 Å². The monoisotopic (exact) mass is 288 g/mol. The molecule has 3 rings (SSSR count). The normalized spacial score (nSPS) is 29.1. The second kappa shape index (κ2) is 6.16. The van der Waals surface area contributed by atoms with Crippen molar-refractivity contribution < 1.29 is 9.53 Å². The predicted molar refractivity (Wildman–Crippen MR) is 82.0 cm³/mol. The van der Waals surface area contributed by atoms with E-state index in [1.807, 2.05) is 0 Å². The van der Waals surface area contributed by atoms with Gasteiger partial charge in [-0.1, -0.05) is 29.8 Å². The lowest BCUT2D eigenvalue weighted by atomic mass is 9.89. The summed E-state index contributed by atoms with van der Waals surface area (Å²) < 4.78 is 5.72. The first-order chi connectivity index (χ1) is 10.1. The average Bonchev–Trinajstić information content (AvgIpc) is 2.41. The van der Waals surface area contributed by atoms with Gasteiger partial charge in [-0.3, -0.25) is 9.69 Å². The Morgan fingerprint density at radius 2 is 1.86 bits per heavy atom. The molecule has 0 radical (unpaired) electrons. The summed E-state index contributed by atoms with van der Waals surface area (Å²) in [6, 6.07) is 9.90. The summed E-state index contributed by atoms with van der Waals surface area (Å²) in [5.41, 5.74) is 2.65. The van der Waals surface area contributed by atoms with Crippen LogP contribution >= 0.6 is 0 Å². The summed E-state index contributed by atoms with van der Waals surface area (Å²) >= 11 is 0. The summed E-state index contributed by atoms with van der Waals surface area (Å²) in [7, 11) is 0. The number of nitrogens with one attached hydrogen (secondary N) is 1. The Balaban J connectivity index is 1.68. The number of carbonyl (C=O) groups excluding carboxylic acids is 1. The number of morpholine rings is 1. The number of rotatable bonds is 3. The van der Waals surface area contributed by atoms with E-state index < -0.39 is 0 Å². The largest absolute Gasteiger partial charge is 0.378 e. The minimum Gasteiger partial charge on any atom is -0.378 e. The minimum atomic E-state index is 0.0750. The Bertz CT molecular complexity index is 486. The number of piperidine rings is 1. The molecule has 2 unspecified atom stereocenters. The third-order valence-corrected chi connectivity index (χ3v) is 4.56. The van der Waals surface area contributed by atoms with Gasteiger partial charge in [0.15, 0.2) is 0 Å². The lowest BCUT2D eigenvalue weighted by Gasteiger charge is -2.48. The molecule has 2 saturated heterocycles. The molecule has 1 aromatic rings. The van der Waals surface area contributed by atoms with E-state index in [4.69, 9.17) is 4.74 Å². The topological polar surface area (TPSA) is 41.6 Å². The van der Waals surface area contributed by atoms with Crippen molar-refractivity contribution in [2.75, 3.05) is 13.2 Å². The summed E-state index contributed by atoms with van der Waals surface area (Å²) in [5.74, 6) is 0.0750. The summed E-state index contributed by atoms with van der Waals surface area (Å²) in [6.45, 7) is 6.25. The second-order valence-corrected chi connectivity index (χ2v) is 6.37. The van der Waals surface area contributed by atoms with Gasteiger partial charge in [0.2, 0.25) is 5.91 Å². The fourth-order valence-corrected chi connectivity index (χ4v) is 3.56. The zero-order valence-electron chi connectivity index (χ0n) is 12.8. The molecule has 4 heteroatoms. The standard InChI is InChI=1S/C17H24N2O2/c1-12-3-5-14(6-4-12)9-19-16-7-15(18-13(2)20)8-17(19)11-21-10-16/h3-6,15-17H,7-11H2,1-2H3,(H,18,20). The summed E-state index contributed by atoms with van der Waals surface area (Å²) in [5, 5.41) is 3.08. The van der Waals surface area contributed by atoms with E-state index in [2.05, 4.69) is 41.4 Å². The van der Waals surface area contributed by atoms with Gasteiger partial charge >= 0.3 is 0 Å². The van der Waals surface area contributed by atoms with Gasteiger partial charge in [0, 0.05) is 31.6 Å². The molecule has 0 saturated carbocycles. The van der Waals surface area contributed by atoms with Crippen LogP contribution in [-0.4, -0.2) is 42.1 Å². The van der Waals surface area contributed by atoms with Crippen molar-refractivity contribution in [1.82, 2.24) is 10.2 Å². The maximum absolute atomic E-state index is 11.3. The van der Waals surface area contributed by atoms with Crippen molar-refractivity contribution in [3.05, 3.63) is 35.4 Å². The molecule has 0 spiro atoms. The van der Waals surface area contributed by atoms with Crippen LogP contribution in [0.5, 0.6) is 0 Å². The second-order valence-electron chi connectivity index (χ2n) is 6.37. The number of ether oxygens (including phenoxy) is 1. The van der Waals surface area contributed by atoms with Gasteiger partial charge in [0.05, 0.1) is 13.2 Å². The van der Waals surface area contributed by atoms with Gasteiger partial charge < -0.3 is 10.1 Å². The molecular weight excluding hydrogens is 264 g/mol. The molecule has 2 bridgehead atoms. The lowest BCUT2D eigenvalue weighted by Crippen LogP contribution is -2.60. The van der Waals surface area contributed by atoms with Gasteiger partial charge in [-0.25, -0.2) is 0 Å². The van der Waals surface area contributed by atoms with Gasteiger partial charge in [0.1, 0.15) is 0 Å². The molecule has 1 N–H and O–H groups in total. The van der Waals surface area contributed by atoms with E-state index in [9.17, 15) is 4.79 Å². The van der Waals surface area contributed by atoms with Crippen molar-refractivity contribution in [2.45, 2.75) is 51.4 Å². The molecular formula is C17H24N2O2. The molecule has 2 heterocycles. The zero-order chi connectivity index (χ0) is 14.8. The van der Waals surface area contributed by atoms with E-state index in [1.54, 1.807) is 6.92 Å². The smallest absolute Gasteiger partial charge is 0.217 e. The van der Waals surface area contributed by atoms with Crippen LogP contribution in [-0.2, 0) is 16.1 Å². The fourth-order valence-electron chi connectivity index (χ4n) is 3.56. The molecule has 1 amide bonds. The first kappa shape index (κ1) is 14.5. The number of amides is 1. The van der Waals surface area contributed by atoms with E-state index >= 15 is 0 Å². The highest BCUT2D eigenvalue weighted by molar-refractivity contribution is 5.73. The van der Waals surface area contributed by atoms with E-state index in [1.165, 1.54) is 11.1 Å². The van der Waals surface area contributed by atoms with Crippen LogP contribution in [0.25, 0.3) is 0 Å². The Morgan fingerprint density at radius 1 is 1.24 bits per heavy atom. The van der Waals surface area contributed by atoms with E-state index in [-0.39, 0.29) is 5.91 Å². The third-order valence-electron chi connectivity index (χ3n) is 4.56. The number of nitrogens with zero attached hydrogens (tertiary/aromatic N) is 1. The van der Waals surface area contributed by atoms with Gasteiger partial charge in [-0.15, -0.1) is 0 Å². The first-order valence-electron chi connectivity index (χ1n) is 7.78. The molecule has 0 aromatic heterocycles. The predicted octanol–water partition coefficient (Wildman–Crippen LogP) is 1.86. The van der Waals surface area contributed by atoms with E-state index in [0.717, 1.165) is 32.6 Å². The van der Waals surface area contributed by atoms with Crippen LogP contribution in [0.1, 0.15) is 30.9 Å². The van der Waals surface area contributed by atoms with Crippen molar-refractivity contribution in [1.29, 1.82) is 0 Å². The van der Waals surface area contributed by atoms with Crippen LogP contribution in [0.2, 0.25) is 0 Å². The van der Waals surface area contributed by atoms with Crippen LogP contribution < -0.4 is 5.32 Å². The molecule has 21 heavy (non-hydrogen) atoms. The highest BCUT2D eigenvalue weighted by Crippen LogP contribution is 2.29. The highest BCUT2D eigenvalue weighted by Gasteiger charge is 2.39. The molecule has 2 aliphatic rings. The zero-order valence-corrected chi connectivity index (χ0v) is 12.8. The number of hydrogen-bond acceptors (Lipinski definition) is 3. The minimum absolute atomic E-state index is 0.0750. The quantitative estimate of drug-likeness (QED) is 0.923. The van der Waals surface area contributed by atoms with Crippen LogP contribution in [0.4, 0.5) is 0 Å². The Hall–Kier alpha value is -1.39. The van der Waals surface area contributed by atoms with Crippen molar-refractivity contribution >= 4 is 5.91 Å². The van der Waals surface area contributed by atoms with Crippen LogP contribution in [0.15, 0.2) is 24.3 Å². The average molecular weight is 288 g/mol. The fraction of sp³-hybridized carbons (Fsp3) is 0.588. The highest BCUT2D eigenvalue weighted by atomic mass is 16.5. The maximum Gasteiger partial charge on any atom is 0.217 e. The molecule has 0 aliphatic carbocycles. The Labute approximate surface area is 126 Å². The number of carbonyl (C=O) groups is 1. The van der Waals surface area contributed by atoms with Crippen molar-refractivity contribution in [2.24, 2.45) is 0 Å². The number of fused-ring (bicyclic) bond motifs is 2. The Morgan fingerprint density at radius 3 is 2.43 bits per heavy atom. The number of aryl methyl sites for hydroxylation is 1. The molecule has 114 valence electrons. The summed E-state index contributed by atoms with van der Waals surface area (Å²) in [4.78, 5) is 13.8. The molecule has 2 fully saturated rings. The summed E-state index contributed by atoms with van der Waals surface area (Å²) in [6.07, 6.45) is 1.98. The SMILES string of the molecule is CC(=O)NC1CC2COCC(C1)N2Cc1ccc(C)cc1. The van der Waals surface area contributed by atoms with Crippen molar-refractivity contribution in [3.63, 3.8) is 0 Å². The van der Waals surface area contributed by atoms with Gasteiger partial charge in [-0.2, -0.15) is 0 Å². The molecule has 2 atom stereocenters.